The van der Waals surface area contributed by atoms with Crippen molar-refractivity contribution in [2.45, 2.75) is 38.8 Å². The van der Waals surface area contributed by atoms with E-state index in [-0.39, 0.29) is 30.7 Å². The molecule has 0 saturated carbocycles. The molecule has 1 N–H and O–H groups in total. The van der Waals surface area contributed by atoms with Crippen molar-refractivity contribution in [1.29, 1.82) is 0 Å². The summed E-state index contributed by atoms with van der Waals surface area (Å²) in [5, 5.41) is 3.69. The van der Waals surface area contributed by atoms with E-state index in [2.05, 4.69) is 24.1 Å². The molecule has 11 heteroatoms. The smallest absolute Gasteiger partial charge is 0.244 e. The fourth-order valence-electron chi connectivity index (χ4n) is 4.82. The van der Waals surface area contributed by atoms with Crippen molar-refractivity contribution in [3.8, 4) is 11.7 Å². The summed E-state index contributed by atoms with van der Waals surface area (Å²) in [6, 6.07) is 16.1. The molecule has 2 aromatic carbocycles. The Balaban J connectivity index is 1.41. The third-order valence-corrected chi connectivity index (χ3v) is 7.52. The molecule has 0 bridgehead atoms. The van der Waals surface area contributed by atoms with Gasteiger partial charge >= 0.3 is 0 Å². The summed E-state index contributed by atoms with van der Waals surface area (Å²) in [7, 11) is 1.61. The number of aromatic nitrogens is 4. The lowest BCUT2D eigenvalue weighted by molar-refractivity contribution is -0.132. The second kappa shape index (κ2) is 13.0. The van der Waals surface area contributed by atoms with Gasteiger partial charge in [0, 0.05) is 43.1 Å². The topological polar surface area (TPSA) is 105 Å². The Labute approximate surface area is 250 Å². The molecule has 1 unspecified atom stereocenters. The molecule has 42 heavy (non-hydrogen) atoms. The number of imidazole rings is 1. The van der Waals surface area contributed by atoms with Gasteiger partial charge in [-0.05, 0) is 41.3 Å². The molecule has 10 nitrogen and oxygen atoms in total. The van der Waals surface area contributed by atoms with Gasteiger partial charge < -0.3 is 19.9 Å². The summed E-state index contributed by atoms with van der Waals surface area (Å²) < 4.78 is 6.98. The molecular weight excluding hydrogens is 554 g/mol. The number of ether oxygens (including phenoxy) is 1. The number of halogens is 1. The first-order valence-corrected chi connectivity index (χ1v) is 14.3. The first-order valence-electron chi connectivity index (χ1n) is 13.9. The minimum atomic E-state index is -0.656. The first kappa shape index (κ1) is 29.1. The fraction of sp³-hybridized carbons (Fsp3) is 0.323. The molecule has 1 fully saturated rings. The molecule has 2 aromatic heterocycles. The van der Waals surface area contributed by atoms with Crippen LogP contribution >= 0.6 is 11.6 Å². The van der Waals surface area contributed by atoms with Crippen molar-refractivity contribution < 1.29 is 14.3 Å². The average molecular weight is 588 g/mol. The molecule has 1 atom stereocenters. The summed E-state index contributed by atoms with van der Waals surface area (Å²) in [4.78, 5) is 44.6. The van der Waals surface area contributed by atoms with E-state index in [4.69, 9.17) is 26.3 Å². The predicted octanol–water partition coefficient (Wildman–Crippen LogP) is 4.02. The number of hydrogen-bond acceptors (Lipinski definition) is 7. The number of carbonyl (C=O) groups excluding carboxylic acids is 2. The normalized spacial score (nSPS) is 15.1. The van der Waals surface area contributed by atoms with Crippen LogP contribution in [0.25, 0.3) is 5.95 Å². The third kappa shape index (κ3) is 6.88. The molecule has 5 rings (SSSR count). The van der Waals surface area contributed by atoms with Crippen LogP contribution in [0.1, 0.15) is 36.6 Å². The van der Waals surface area contributed by atoms with Crippen molar-refractivity contribution >= 4 is 29.2 Å². The van der Waals surface area contributed by atoms with Crippen molar-refractivity contribution in [2.75, 3.05) is 31.6 Å². The summed E-state index contributed by atoms with van der Waals surface area (Å²) in [5.41, 5.74) is 2.66. The average Bonchev–Trinajstić information content (AvgIpc) is 3.56. The summed E-state index contributed by atoms with van der Waals surface area (Å²) in [6.45, 7) is 5.58. The number of nitrogens with one attached hydrogen (secondary N) is 1. The molecule has 0 aliphatic carbocycles. The molecule has 1 aliphatic rings. The van der Waals surface area contributed by atoms with Gasteiger partial charge in [0.25, 0.3) is 0 Å². The van der Waals surface area contributed by atoms with Crippen LogP contribution in [0, 0.1) is 0 Å². The number of anilines is 1. The molecule has 0 radical (unpaired) electrons. The molecule has 4 aromatic rings. The van der Waals surface area contributed by atoms with E-state index in [0.29, 0.717) is 36.4 Å². The number of methoxy groups -OCH3 is 1. The van der Waals surface area contributed by atoms with Crippen LogP contribution in [0.15, 0.2) is 73.3 Å². The predicted molar refractivity (Wildman–Crippen MR) is 161 cm³/mol. The lowest BCUT2D eigenvalue weighted by Gasteiger charge is -2.41. The van der Waals surface area contributed by atoms with Gasteiger partial charge in [-0.1, -0.05) is 49.7 Å². The minimum absolute atomic E-state index is 0.0417. The standard InChI is InChI=1S/C31H34ClN7O3/c1-21(2)26-17-28(36-31(35-26)38-13-12-33-20-38)39-15-14-37(29(40)16-22-6-10-25(42-3)11-7-22)19-27(39)30(41)34-18-23-4-8-24(32)9-5-23/h4-13,17,20-21,27H,14-16,18-19H2,1-3H3,(H,34,41). The highest BCUT2D eigenvalue weighted by atomic mass is 35.5. The maximum absolute atomic E-state index is 13.8. The number of hydrogen-bond donors (Lipinski definition) is 1. The largest absolute Gasteiger partial charge is 0.497 e. The fourth-order valence-corrected chi connectivity index (χ4v) is 4.95. The molecule has 2 amide bonds. The lowest BCUT2D eigenvalue weighted by atomic mass is 10.1. The van der Waals surface area contributed by atoms with Crippen LogP contribution in [-0.4, -0.2) is 69.0 Å². The van der Waals surface area contributed by atoms with Gasteiger partial charge in [0.2, 0.25) is 17.8 Å². The molecule has 218 valence electrons. The monoisotopic (exact) mass is 587 g/mol. The molecule has 0 spiro atoms. The number of piperazine rings is 1. The zero-order valence-corrected chi connectivity index (χ0v) is 24.7. The molecule has 1 aliphatic heterocycles. The quantitative estimate of drug-likeness (QED) is 0.315. The van der Waals surface area contributed by atoms with Gasteiger partial charge in [-0.25, -0.2) is 9.97 Å². The third-order valence-electron chi connectivity index (χ3n) is 7.27. The summed E-state index contributed by atoms with van der Waals surface area (Å²) >= 11 is 6.03. The van der Waals surface area contributed by atoms with Crippen molar-refractivity contribution in [3.05, 3.63) is 95.2 Å². The van der Waals surface area contributed by atoms with Gasteiger partial charge in [-0.2, -0.15) is 4.98 Å². The number of nitrogens with zero attached hydrogens (tertiary/aromatic N) is 6. The van der Waals surface area contributed by atoms with E-state index in [1.165, 1.54) is 0 Å². The SMILES string of the molecule is COc1ccc(CC(=O)N2CCN(c3cc(C(C)C)nc(-n4ccnc4)n3)C(C(=O)NCc3ccc(Cl)cc3)C2)cc1. The molecule has 1 saturated heterocycles. The highest BCUT2D eigenvalue weighted by Crippen LogP contribution is 2.25. The lowest BCUT2D eigenvalue weighted by Crippen LogP contribution is -2.60. The van der Waals surface area contributed by atoms with Crippen molar-refractivity contribution in [2.24, 2.45) is 0 Å². The second-order valence-corrected chi connectivity index (χ2v) is 10.9. The minimum Gasteiger partial charge on any atom is -0.497 e. The highest BCUT2D eigenvalue weighted by molar-refractivity contribution is 6.30. The van der Waals surface area contributed by atoms with E-state index in [1.54, 1.807) is 47.4 Å². The zero-order chi connectivity index (χ0) is 29.6. The maximum atomic E-state index is 13.8. The van der Waals surface area contributed by atoms with E-state index in [1.807, 2.05) is 47.4 Å². The van der Waals surface area contributed by atoms with Gasteiger partial charge in [-0.15, -0.1) is 0 Å². The van der Waals surface area contributed by atoms with Crippen LogP contribution in [0.4, 0.5) is 5.82 Å². The molecule has 3 heterocycles. The second-order valence-electron chi connectivity index (χ2n) is 10.5. The van der Waals surface area contributed by atoms with Crippen molar-refractivity contribution in [3.63, 3.8) is 0 Å². The Bertz CT molecular complexity index is 1510. The first-order chi connectivity index (χ1) is 20.3. The van der Waals surface area contributed by atoms with Crippen molar-refractivity contribution in [1.82, 2.24) is 29.7 Å². The number of benzene rings is 2. The van der Waals surface area contributed by atoms with Gasteiger partial charge in [0.15, 0.2) is 0 Å². The van der Waals surface area contributed by atoms with Crippen LogP contribution < -0.4 is 15.0 Å². The Hall–Kier alpha value is -4.44. The zero-order valence-electron chi connectivity index (χ0n) is 23.9. The van der Waals surface area contributed by atoms with Crippen LogP contribution in [0.2, 0.25) is 5.02 Å². The van der Waals surface area contributed by atoms with E-state index in [9.17, 15) is 9.59 Å². The van der Waals surface area contributed by atoms with Gasteiger partial charge in [0.05, 0.1) is 25.8 Å². The van der Waals surface area contributed by atoms with Gasteiger partial charge in [0.1, 0.15) is 23.9 Å². The van der Waals surface area contributed by atoms with Gasteiger partial charge in [-0.3, -0.25) is 14.2 Å². The number of rotatable bonds is 9. The number of amides is 2. The van der Waals surface area contributed by atoms with Crippen LogP contribution in [0.3, 0.4) is 0 Å². The van der Waals surface area contributed by atoms with E-state index in [0.717, 1.165) is 22.6 Å². The molecular formula is C31H34ClN7O3. The summed E-state index contributed by atoms with van der Waals surface area (Å²) in [6.07, 6.45) is 5.34. The Morgan fingerprint density at radius 2 is 1.79 bits per heavy atom. The Kier molecular flexibility index (Phi) is 9.02. The van der Waals surface area contributed by atoms with E-state index >= 15 is 0 Å². The maximum Gasteiger partial charge on any atom is 0.244 e. The number of carbonyl (C=O) groups is 2. The Morgan fingerprint density at radius 1 is 1.05 bits per heavy atom. The summed E-state index contributed by atoms with van der Waals surface area (Å²) in [5.74, 6) is 1.75. The van der Waals surface area contributed by atoms with E-state index < -0.39 is 6.04 Å². The van der Waals surface area contributed by atoms with Crippen LogP contribution in [0.5, 0.6) is 5.75 Å². The van der Waals surface area contributed by atoms with Crippen LogP contribution in [-0.2, 0) is 22.6 Å². The Morgan fingerprint density at radius 3 is 2.45 bits per heavy atom. The highest BCUT2D eigenvalue weighted by Gasteiger charge is 2.35.